The van der Waals surface area contributed by atoms with Gasteiger partial charge in [-0.2, -0.15) is 0 Å². The number of carbonyl (C=O) groups is 2. The normalized spacial score (nSPS) is 18.0. The number of amides is 2. The summed E-state index contributed by atoms with van der Waals surface area (Å²) in [4.78, 5) is 26.5. The van der Waals surface area contributed by atoms with Crippen molar-refractivity contribution >= 4 is 23.6 Å². The van der Waals surface area contributed by atoms with Gasteiger partial charge in [0.1, 0.15) is 5.37 Å². The zero-order valence-corrected chi connectivity index (χ0v) is 16.0. The number of thioether (sulfide) groups is 1. The molecule has 4 nitrogen and oxygen atoms in total. The number of nitrogens with one attached hydrogen (secondary N) is 1. The standard InChI is InChI=1S/C21H24N2O2S/c1-3-15(2)22-20(25)17-9-11-18(12-10-17)21-23(19(24)14-26-21)13-16-7-5-4-6-8-16/h4-12,15,21H,3,13-14H2,1-2H3,(H,22,25)/t15-,21+/m0/s1. The van der Waals surface area contributed by atoms with Crippen LogP contribution in [0.4, 0.5) is 0 Å². The smallest absolute Gasteiger partial charge is 0.251 e. The average Bonchev–Trinajstić information content (AvgIpc) is 3.03. The van der Waals surface area contributed by atoms with Crippen molar-refractivity contribution < 1.29 is 9.59 Å². The van der Waals surface area contributed by atoms with E-state index in [1.54, 1.807) is 11.8 Å². The Morgan fingerprint density at radius 2 is 1.88 bits per heavy atom. The molecule has 26 heavy (non-hydrogen) atoms. The molecule has 0 spiro atoms. The predicted molar refractivity (Wildman–Crippen MR) is 106 cm³/mol. The second kappa shape index (κ2) is 8.41. The molecule has 2 atom stereocenters. The topological polar surface area (TPSA) is 49.4 Å². The quantitative estimate of drug-likeness (QED) is 0.839. The summed E-state index contributed by atoms with van der Waals surface area (Å²) in [6.07, 6.45) is 0.902. The first-order valence-corrected chi connectivity index (χ1v) is 9.99. The highest BCUT2D eigenvalue weighted by Crippen LogP contribution is 2.39. The SMILES string of the molecule is CC[C@H](C)NC(=O)c1ccc([C@H]2SCC(=O)N2Cc2ccccc2)cc1. The van der Waals surface area contributed by atoms with E-state index in [9.17, 15) is 9.59 Å². The molecule has 1 N–H and O–H groups in total. The molecule has 0 bridgehead atoms. The summed E-state index contributed by atoms with van der Waals surface area (Å²) in [5.74, 6) is 0.595. The predicted octanol–water partition coefficient (Wildman–Crippen LogP) is 3.99. The molecular weight excluding hydrogens is 344 g/mol. The third kappa shape index (κ3) is 4.28. The van der Waals surface area contributed by atoms with Crippen LogP contribution in [-0.2, 0) is 11.3 Å². The van der Waals surface area contributed by atoms with E-state index in [1.165, 1.54) is 0 Å². The Hall–Kier alpha value is -2.27. The number of benzene rings is 2. The van der Waals surface area contributed by atoms with Gasteiger partial charge in [0, 0.05) is 18.2 Å². The monoisotopic (exact) mass is 368 g/mol. The molecule has 1 aliphatic rings. The van der Waals surface area contributed by atoms with E-state index in [-0.39, 0.29) is 23.2 Å². The third-order valence-electron chi connectivity index (χ3n) is 4.61. The first-order chi connectivity index (χ1) is 12.6. The van der Waals surface area contributed by atoms with Crippen molar-refractivity contribution in [1.82, 2.24) is 10.2 Å². The van der Waals surface area contributed by atoms with E-state index >= 15 is 0 Å². The Kier molecular flexibility index (Phi) is 5.99. The molecule has 1 aliphatic heterocycles. The van der Waals surface area contributed by atoms with Crippen molar-refractivity contribution in [1.29, 1.82) is 0 Å². The molecule has 136 valence electrons. The minimum Gasteiger partial charge on any atom is -0.350 e. The van der Waals surface area contributed by atoms with Gasteiger partial charge in [-0.1, -0.05) is 49.4 Å². The maximum Gasteiger partial charge on any atom is 0.251 e. The van der Waals surface area contributed by atoms with E-state index < -0.39 is 0 Å². The lowest BCUT2D eigenvalue weighted by molar-refractivity contribution is -0.128. The summed E-state index contributed by atoms with van der Waals surface area (Å²) in [6, 6.07) is 17.8. The molecule has 0 unspecified atom stereocenters. The lowest BCUT2D eigenvalue weighted by atomic mass is 10.1. The van der Waals surface area contributed by atoms with Crippen molar-refractivity contribution in [3.8, 4) is 0 Å². The maximum atomic E-state index is 12.3. The molecule has 2 aromatic carbocycles. The van der Waals surface area contributed by atoms with Crippen LogP contribution in [0, 0.1) is 0 Å². The van der Waals surface area contributed by atoms with Crippen LogP contribution in [0.3, 0.4) is 0 Å². The van der Waals surface area contributed by atoms with Gasteiger partial charge in [0.05, 0.1) is 5.75 Å². The second-order valence-corrected chi connectivity index (χ2v) is 7.64. The number of nitrogens with zero attached hydrogens (tertiary/aromatic N) is 1. The van der Waals surface area contributed by atoms with Crippen LogP contribution in [0.25, 0.3) is 0 Å². The fourth-order valence-electron chi connectivity index (χ4n) is 2.89. The minimum atomic E-state index is -0.0535. The minimum absolute atomic E-state index is 0.00520. The lowest BCUT2D eigenvalue weighted by Gasteiger charge is -2.24. The van der Waals surface area contributed by atoms with Crippen molar-refractivity contribution in [2.75, 3.05) is 5.75 Å². The van der Waals surface area contributed by atoms with Gasteiger partial charge in [0.25, 0.3) is 5.91 Å². The Balaban J connectivity index is 1.73. The summed E-state index contributed by atoms with van der Waals surface area (Å²) in [5, 5.41) is 2.97. The number of carbonyl (C=O) groups excluding carboxylic acids is 2. The Morgan fingerprint density at radius 1 is 1.19 bits per heavy atom. The molecule has 1 saturated heterocycles. The largest absolute Gasteiger partial charge is 0.350 e. The van der Waals surface area contributed by atoms with Crippen LogP contribution >= 0.6 is 11.8 Å². The molecule has 1 heterocycles. The van der Waals surface area contributed by atoms with Gasteiger partial charge >= 0.3 is 0 Å². The first-order valence-electron chi connectivity index (χ1n) is 8.94. The van der Waals surface area contributed by atoms with Gasteiger partial charge in [-0.25, -0.2) is 0 Å². The van der Waals surface area contributed by atoms with Gasteiger partial charge in [0.15, 0.2) is 0 Å². The van der Waals surface area contributed by atoms with Crippen LogP contribution in [0.5, 0.6) is 0 Å². The van der Waals surface area contributed by atoms with Crippen molar-refractivity contribution in [3.63, 3.8) is 0 Å². The molecule has 0 radical (unpaired) electrons. The molecular formula is C21H24N2O2S. The summed E-state index contributed by atoms with van der Waals surface area (Å²) in [7, 11) is 0. The van der Waals surface area contributed by atoms with E-state index in [0.717, 1.165) is 17.5 Å². The average molecular weight is 369 g/mol. The Bertz CT molecular complexity index is 761. The zero-order chi connectivity index (χ0) is 18.5. The first kappa shape index (κ1) is 18.5. The van der Waals surface area contributed by atoms with Crippen molar-refractivity contribution in [2.45, 2.75) is 38.2 Å². The van der Waals surface area contributed by atoms with Gasteiger partial charge in [-0.05, 0) is 36.6 Å². The molecule has 0 aliphatic carbocycles. The van der Waals surface area contributed by atoms with Crippen LogP contribution in [0.1, 0.15) is 47.1 Å². The van der Waals surface area contributed by atoms with Gasteiger partial charge < -0.3 is 10.2 Å². The van der Waals surface area contributed by atoms with Crippen LogP contribution in [0.15, 0.2) is 54.6 Å². The van der Waals surface area contributed by atoms with Crippen LogP contribution in [0.2, 0.25) is 0 Å². The van der Waals surface area contributed by atoms with Gasteiger partial charge in [0.2, 0.25) is 5.91 Å². The zero-order valence-electron chi connectivity index (χ0n) is 15.1. The fourth-order valence-corrected chi connectivity index (χ4v) is 4.08. The van der Waals surface area contributed by atoms with Gasteiger partial charge in [-0.3, -0.25) is 9.59 Å². The number of hydrogen-bond acceptors (Lipinski definition) is 3. The van der Waals surface area contributed by atoms with E-state index in [4.69, 9.17) is 0 Å². The lowest BCUT2D eigenvalue weighted by Crippen LogP contribution is -2.32. The summed E-state index contributed by atoms with van der Waals surface area (Å²) < 4.78 is 0. The third-order valence-corrected chi connectivity index (χ3v) is 5.87. The second-order valence-electron chi connectivity index (χ2n) is 6.58. The Morgan fingerprint density at radius 3 is 2.54 bits per heavy atom. The highest BCUT2D eigenvalue weighted by Gasteiger charge is 2.32. The summed E-state index contributed by atoms with van der Waals surface area (Å²) >= 11 is 1.64. The molecule has 0 aromatic heterocycles. The number of hydrogen-bond donors (Lipinski definition) is 1. The van der Waals surface area contributed by atoms with Crippen molar-refractivity contribution in [2.24, 2.45) is 0 Å². The summed E-state index contributed by atoms with van der Waals surface area (Å²) in [6.45, 7) is 4.64. The van der Waals surface area contributed by atoms with E-state index in [0.29, 0.717) is 17.9 Å². The van der Waals surface area contributed by atoms with Crippen molar-refractivity contribution in [3.05, 3.63) is 71.3 Å². The molecule has 2 amide bonds. The molecule has 0 saturated carbocycles. The van der Waals surface area contributed by atoms with E-state index in [1.807, 2.05) is 73.3 Å². The van der Waals surface area contributed by atoms with E-state index in [2.05, 4.69) is 5.32 Å². The molecule has 2 aromatic rings. The summed E-state index contributed by atoms with van der Waals surface area (Å²) in [5.41, 5.74) is 2.83. The van der Waals surface area contributed by atoms with Crippen LogP contribution in [-0.4, -0.2) is 28.5 Å². The Labute approximate surface area is 159 Å². The van der Waals surface area contributed by atoms with Gasteiger partial charge in [-0.15, -0.1) is 11.8 Å². The fraction of sp³-hybridized carbons (Fsp3) is 0.333. The highest BCUT2D eigenvalue weighted by molar-refractivity contribution is 8.00. The van der Waals surface area contributed by atoms with Crippen LogP contribution < -0.4 is 5.32 Å². The maximum absolute atomic E-state index is 12.3. The highest BCUT2D eigenvalue weighted by atomic mass is 32.2. The molecule has 5 heteroatoms. The molecule has 1 fully saturated rings. The molecule has 3 rings (SSSR count). The number of rotatable bonds is 6.